The lowest BCUT2D eigenvalue weighted by molar-refractivity contribution is -0.115. The molecule has 176 valence electrons. The second kappa shape index (κ2) is 10.4. The standard InChI is InChI=1S/C26H30ClNO4S/c27-22-9-11-23(12-10-22)33(31,32)28-14-13-18-5-4-6-19(15-18)16-21-17-24(29)25(26(21)30)20-7-2-1-3-8-20/h4-6,9-12,15,20-21,28,30H,1-3,7-8,13-14,16-17H2. The Kier molecular flexibility index (Phi) is 7.57. The summed E-state index contributed by atoms with van der Waals surface area (Å²) in [4.78, 5) is 12.8. The van der Waals surface area contributed by atoms with Crippen molar-refractivity contribution in [3.63, 3.8) is 0 Å². The normalized spacial score (nSPS) is 19.9. The summed E-state index contributed by atoms with van der Waals surface area (Å²) in [7, 11) is -3.59. The smallest absolute Gasteiger partial charge is 0.240 e. The number of hydrogen-bond acceptors (Lipinski definition) is 4. The summed E-state index contributed by atoms with van der Waals surface area (Å²) in [5.74, 6) is 0.467. The molecule has 0 amide bonds. The molecule has 1 fully saturated rings. The first-order valence-electron chi connectivity index (χ1n) is 11.6. The van der Waals surface area contributed by atoms with E-state index in [2.05, 4.69) is 4.72 Å². The van der Waals surface area contributed by atoms with E-state index >= 15 is 0 Å². The van der Waals surface area contributed by atoms with E-state index in [0.29, 0.717) is 35.6 Å². The third-order valence-electron chi connectivity index (χ3n) is 6.71. The van der Waals surface area contributed by atoms with E-state index in [1.54, 1.807) is 12.1 Å². The van der Waals surface area contributed by atoms with Crippen LogP contribution in [0.5, 0.6) is 0 Å². The van der Waals surface area contributed by atoms with E-state index in [1.807, 2.05) is 24.3 Å². The molecule has 0 radical (unpaired) electrons. The minimum atomic E-state index is -3.59. The predicted molar refractivity (Wildman–Crippen MR) is 130 cm³/mol. The van der Waals surface area contributed by atoms with Crippen LogP contribution in [0, 0.1) is 11.8 Å². The number of hydrogen-bond donors (Lipinski definition) is 2. The van der Waals surface area contributed by atoms with Crippen molar-refractivity contribution in [1.82, 2.24) is 4.72 Å². The van der Waals surface area contributed by atoms with Gasteiger partial charge in [-0.1, -0.05) is 55.1 Å². The van der Waals surface area contributed by atoms with Gasteiger partial charge in [0.2, 0.25) is 10.0 Å². The van der Waals surface area contributed by atoms with Crippen LogP contribution < -0.4 is 4.72 Å². The zero-order valence-electron chi connectivity index (χ0n) is 18.6. The minimum Gasteiger partial charge on any atom is -0.512 e. The molecule has 33 heavy (non-hydrogen) atoms. The van der Waals surface area contributed by atoms with Gasteiger partial charge in [-0.2, -0.15) is 0 Å². The first kappa shape index (κ1) is 24.0. The molecule has 2 aromatic rings. The van der Waals surface area contributed by atoms with Crippen LogP contribution in [0.3, 0.4) is 0 Å². The van der Waals surface area contributed by atoms with Crippen molar-refractivity contribution in [3.05, 3.63) is 76.0 Å². The second-order valence-electron chi connectivity index (χ2n) is 9.08. The molecular weight excluding hydrogens is 458 g/mol. The molecule has 4 rings (SSSR count). The number of rotatable bonds is 8. The summed E-state index contributed by atoms with van der Waals surface area (Å²) in [5, 5.41) is 11.3. The third-order valence-corrected chi connectivity index (χ3v) is 8.44. The van der Waals surface area contributed by atoms with E-state index in [4.69, 9.17) is 11.6 Å². The van der Waals surface area contributed by atoms with Crippen LogP contribution in [-0.4, -0.2) is 25.9 Å². The van der Waals surface area contributed by atoms with E-state index < -0.39 is 10.0 Å². The summed E-state index contributed by atoms with van der Waals surface area (Å²) in [5.41, 5.74) is 2.74. The number of nitrogens with one attached hydrogen (secondary N) is 1. The Labute approximate surface area is 200 Å². The maximum atomic E-state index is 12.6. The highest BCUT2D eigenvalue weighted by Gasteiger charge is 2.36. The van der Waals surface area contributed by atoms with Gasteiger partial charge in [-0.3, -0.25) is 4.79 Å². The van der Waals surface area contributed by atoms with Gasteiger partial charge in [0.25, 0.3) is 0 Å². The first-order chi connectivity index (χ1) is 15.8. The van der Waals surface area contributed by atoms with Gasteiger partial charge in [0.15, 0.2) is 5.78 Å². The van der Waals surface area contributed by atoms with Crippen LogP contribution in [0.2, 0.25) is 5.02 Å². The minimum absolute atomic E-state index is 0.108. The number of Topliss-reactive ketones (excluding diaryl/α,β-unsaturated/α-hetero) is 1. The van der Waals surface area contributed by atoms with E-state index in [9.17, 15) is 18.3 Å². The molecular formula is C26H30ClNO4S. The number of benzene rings is 2. The number of ketones is 1. The van der Waals surface area contributed by atoms with Crippen molar-refractivity contribution in [2.75, 3.05) is 6.54 Å². The molecule has 0 heterocycles. The van der Waals surface area contributed by atoms with Crippen molar-refractivity contribution < 1.29 is 18.3 Å². The number of sulfonamides is 1. The molecule has 0 spiro atoms. The van der Waals surface area contributed by atoms with Crippen LogP contribution in [0.4, 0.5) is 0 Å². The zero-order valence-corrected chi connectivity index (χ0v) is 20.2. The number of halogens is 1. The lowest BCUT2D eigenvalue weighted by atomic mass is 9.83. The van der Waals surface area contributed by atoms with Crippen molar-refractivity contribution in [1.29, 1.82) is 0 Å². The highest BCUT2D eigenvalue weighted by molar-refractivity contribution is 7.89. The Morgan fingerprint density at radius 3 is 2.42 bits per heavy atom. The summed E-state index contributed by atoms with van der Waals surface area (Å²) in [6.07, 6.45) is 7.00. The molecule has 5 nitrogen and oxygen atoms in total. The van der Waals surface area contributed by atoms with Gasteiger partial charge < -0.3 is 5.11 Å². The topological polar surface area (TPSA) is 83.5 Å². The fourth-order valence-corrected chi connectivity index (χ4v) is 6.17. The highest BCUT2D eigenvalue weighted by atomic mass is 35.5. The first-order valence-corrected chi connectivity index (χ1v) is 13.5. The fraction of sp³-hybridized carbons (Fsp3) is 0.423. The van der Waals surface area contributed by atoms with Gasteiger partial charge in [-0.15, -0.1) is 0 Å². The summed E-state index contributed by atoms with van der Waals surface area (Å²) in [6.45, 7) is 0.271. The second-order valence-corrected chi connectivity index (χ2v) is 11.3. The van der Waals surface area contributed by atoms with Gasteiger partial charge >= 0.3 is 0 Å². The maximum Gasteiger partial charge on any atom is 0.240 e. The Morgan fingerprint density at radius 2 is 1.70 bits per heavy atom. The Morgan fingerprint density at radius 1 is 1.00 bits per heavy atom. The lowest BCUT2D eigenvalue weighted by Gasteiger charge is -2.22. The maximum absolute atomic E-state index is 12.6. The van der Waals surface area contributed by atoms with Gasteiger partial charge in [-0.25, -0.2) is 13.1 Å². The quantitative estimate of drug-likeness (QED) is 0.523. The van der Waals surface area contributed by atoms with Gasteiger partial charge in [-0.05, 0) is 67.0 Å². The molecule has 2 aliphatic carbocycles. The number of carbonyl (C=O) groups is 1. The van der Waals surface area contributed by atoms with Gasteiger partial charge in [0, 0.05) is 29.5 Å². The van der Waals surface area contributed by atoms with Crippen molar-refractivity contribution in [2.45, 2.75) is 56.3 Å². The van der Waals surface area contributed by atoms with Crippen LogP contribution >= 0.6 is 11.6 Å². The van der Waals surface area contributed by atoms with Crippen molar-refractivity contribution >= 4 is 27.4 Å². The van der Waals surface area contributed by atoms with Crippen LogP contribution in [-0.2, 0) is 27.7 Å². The average molecular weight is 488 g/mol. The SMILES string of the molecule is O=C1CC(Cc2cccc(CCNS(=O)(=O)c3ccc(Cl)cc3)c2)C(O)=C1C1CCCCC1. The van der Waals surface area contributed by atoms with Gasteiger partial charge in [0.05, 0.1) is 4.90 Å². The molecule has 0 bridgehead atoms. The molecule has 2 aromatic carbocycles. The number of aliphatic hydroxyl groups excluding tert-OH is 1. The number of carbonyl (C=O) groups excluding carboxylic acids is 1. The molecule has 1 unspecified atom stereocenters. The molecule has 2 aliphatic rings. The Balaban J connectivity index is 1.37. The van der Waals surface area contributed by atoms with Crippen LogP contribution in [0.25, 0.3) is 0 Å². The molecule has 7 heteroatoms. The summed E-state index contributed by atoms with van der Waals surface area (Å²) >= 11 is 5.83. The summed E-state index contributed by atoms with van der Waals surface area (Å²) in [6, 6.07) is 14.0. The molecule has 0 saturated heterocycles. The molecule has 1 saturated carbocycles. The van der Waals surface area contributed by atoms with Crippen LogP contribution in [0.1, 0.15) is 49.7 Å². The van der Waals surface area contributed by atoms with Gasteiger partial charge in [0.1, 0.15) is 5.76 Å². The molecule has 0 aromatic heterocycles. The Hall–Kier alpha value is -2.15. The number of allylic oxidation sites excluding steroid dienone is 2. The van der Waals surface area contributed by atoms with Crippen molar-refractivity contribution in [3.8, 4) is 0 Å². The van der Waals surface area contributed by atoms with Crippen molar-refractivity contribution in [2.24, 2.45) is 11.8 Å². The predicted octanol–water partition coefficient (Wildman–Crippen LogP) is 5.38. The summed E-state index contributed by atoms with van der Waals surface area (Å²) < 4.78 is 27.5. The lowest BCUT2D eigenvalue weighted by Crippen LogP contribution is -2.26. The fourth-order valence-electron chi connectivity index (χ4n) is 5.01. The van der Waals surface area contributed by atoms with E-state index in [1.165, 1.54) is 18.6 Å². The molecule has 1 atom stereocenters. The van der Waals surface area contributed by atoms with Crippen LogP contribution in [0.15, 0.2) is 64.8 Å². The van der Waals surface area contributed by atoms with E-state index in [0.717, 1.165) is 36.8 Å². The number of aliphatic hydroxyl groups is 1. The highest BCUT2D eigenvalue weighted by Crippen LogP contribution is 2.39. The third kappa shape index (κ3) is 5.86. The average Bonchev–Trinajstić information content (AvgIpc) is 3.07. The Bertz CT molecular complexity index is 1140. The van der Waals surface area contributed by atoms with E-state index in [-0.39, 0.29) is 29.1 Å². The monoisotopic (exact) mass is 487 g/mol. The molecule has 2 N–H and O–H groups in total. The zero-order chi connectivity index (χ0) is 23.4. The largest absolute Gasteiger partial charge is 0.512 e. The molecule has 0 aliphatic heterocycles.